The molecular weight excluding hydrogens is 458 g/mol. The summed E-state index contributed by atoms with van der Waals surface area (Å²) in [5.74, 6) is 3.22. The number of para-hydroxylation sites is 1. The van der Waals surface area contributed by atoms with Gasteiger partial charge >= 0.3 is 0 Å². The maximum Gasteiger partial charge on any atom is 0.124 e. The van der Waals surface area contributed by atoms with Crippen LogP contribution in [0.3, 0.4) is 0 Å². The Kier molecular flexibility index (Phi) is 7.62. The van der Waals surface area contributed by atoms with Gasteiger partial charge in [-0.05, 0) is 42.5 Å². The van der Waals surface area contributed by atoms with Gasteiger partial charge in [0.15, 0.2) is 0 Å². The second kappa shape index (κ2) is 10.7. The van der Waals surface area contributed by atoms with Gasteiger partial charge in [-0.3, -0.25) is 0 Å². The normalized spacial score (nSPS) is 23.6. The molecule has 1 heterocycles. The van der Waals surface area contributed by atoms with Crippen molar-refractivity contribution in [3.8, 4) is 28.7 Å². The van der Waals surface area contributed by atoms with E-state index in [1.165, 1.54) is 0 Å². The molecule has 3 aromatic rings. The van der Waals surface area contributed by atoms with E-state index in [0.717, 1.165) is 16.7 Å². The highest BCUT2D eigenvalue weighted by molar-refractivity contribution is 5.48. The minimum atomic E-state index is -1.24. The summed E-state index contributed by atoms with van der Waals surface area (Å²) < 4.78 is 28.2. The fourth-order valence-electron chi connectivity index (χ4n) is 5.30. The molecule has 1 fully saturated rings. The van der Waals surface area contributed by atoms with Crippen molar-refractivity contribution in [1.29, 1.82) is 0 Å². The Morgan fingerprint density at radius 2 is 1.28 bits per heavy atom. The third-order valence-corrected chi connectivity index (χ3v) is 7.31. The van der Waals surface area contributed by atoms with E-state index in [1.54, 1.807) is 35.5 Å². The molecule has 1 aliphatic heterocycles. The summed E-state index contributed by atoms with van der Waals surface area (Å²) in [6.07, 6.45) is 0.390. The number of benzene rings is 3. The molecule has 4 atom stereocenters. The van der Waals surface area contributed by atoms with Crippen LogP contribution in [0.25, 0.3) is 0 Å². The first-order chi connectivity index (χ1) is 17.4. The molecule has 0 spiro atoms. The Labute approximate surface area is 212 Å². The zero-order valence-corrected chi connectivity index (χ0v) is 21.7. The van der Waals surface area contributed by atoms with E-state index in [2.05, 4.69) is 5.32 Å². The Bertz CT molecular complexity index is 1200. The molecule has 2 N–H and O–H groups in total. The lowest BCUT2D eigenvalue weighted by molar-refractivity contribution is -0.0760. The number of hydrogen-bond donors (Lipinski definition) is 2. The van der Waals surface area contributed by atoms with Gasteiger partial charge in [0.25, 0.3) is 0 Å². The zero-order chi connectivity index (χ0) is 25.9. The van der Waals surface area contributed by atoms with E-state index in [4.69, 9.17) is 23.7 Å². The van der Waals surface area contributed by atoms with Crippen LogP contribution in [-0.2, 0) is 5.60 Å². The third-order valence-electron chi connectivity index (χ3n) is 7.31. The Hall–Kier alpha value is -3.42. The van der Waals surface area contributed by atoms with Crippen molar-refractivity contribution >= 4 is 0 Å². The SMILES string of the molecule is COc1ccc(OC)c([C@H]2N[C@@H](c3cc(OC)ccc3OC)C[C@](O)(c3ccccc3OC)[C@H]2C)c1. The lowest BCUT2D eigenvalue weighted by Crippen LogP contribution is -2.50. The van der Waals surface area contributed by atoms with Gasteiger partial charge in [-0.2, -0.15) is 0 Å². The van der Waals surface area contributed by atoms with Crippen LogP contribution < -0.4 is 29.0 Å². The van der Waals surface area contributed by atoms with Gasteiger partial charge in [0.1, 0.15) is 28.7 Å². The predicted molar refractivity (Wildman–Crippen MR) is 138 cm³/mol. The van der Waals surface area contributed by atoms with Crippen LogP contribution in [0.1, 0.15) is 42.1 Å². The quantitative estimate of drug-likeness (QED) is 0.456. The molecule has 192 valence electrons. The summed E-state index contributed by atoms with van der Waals surface area (Å²) in [4.78, 5) is 0. The first-order valence-corrected chi connectivity index (χ1v) is 12.0. The van der Waals surface area contributed by atoms with Crippen LogP contribution in [0.5, 0.6) is 28.7 Å². The first-order valence-electron chi connectivity index (χ1n) is 12.0. The van der Waals surface area contributed by atoms with Crippen LogP contribution in [-0.4, -0.2) is 40.7 Å². The van der Waals surface area contributed by atoms with Gasteiger partial charge in [-0.1, -0.05) is 25.1 Å². The Morgan fingerprint density at radius 1 is 0.722 bits per heavy atom. The van der Waals surface area contributed by atoms with Gasteiger partial charge in [0, 0.05) is 41.1 Å². The molecule has 4 rings (SSSR count). The molecule has 1 saturated heterocycles. The van der Waals surface area contributed by atoms with Crippen LogP contribution in [0.2, 0.25) is 0 Å². The van der Waals surface area contributed by atoms with Crippen LogP contribution >= 0.6 is 0 Å². The van der Waals surface area contributed by atoms with E-state index < -0.39 is 5.60 Å². The fourth-order valence-corrected chi connectivity index (χ4v) is 5.30. The lowest BCUT2D eigenvalue weighted by Gasteiger charge is -2.48. The van der Waals surface area contributed by atoms with E-state index >= 15 is 0 Å². The molecule has 0 amide bonds. The van der Waals surface area contributed by atoms with Crippen molar-refractivity contribution in [3.05, 3.63) is 77.4 Å². The molecule has 0 aromatic heterocycles. The predicted octanol–water partition coefficient (Wildman–Crippen LogP) is 5.03. The van der Waals surface area contributed by atoms with E-state index in [0.29, 0.717) is 35.2 Å². The molecule has 0 unspecified atom stereocenters. The van der Waals surface area contributed by atoms with Gasteiger partial charge in [0.2, 0.25) is 0 Å². The molecule has 36 heavy (non-hydrogen) atoms. The molecule has 1 aliphatic rings. The van der Waals surface area contributed by atoms with E-state index in [9.17, 15) is 5.11 Å². The highest BCUT2D eigenvalue weighted by Gasteiger charge is 2.49. The topological polar surface area (TPSA) is 78.4 Å². The molecule has 0 bridgehead atoms. The van der Waals surface area contributed by atoms with Crippen molar-refractivity contribution in [3.63, 3.8) is 0 Å². The van der Waals surface area contributed by atoms with Crippen LogP contribution in [0.4, 0.5) is 0 Å². The number of aliphatic hydroxyl groups is 1. The minimum absolute atomic E-state index is 0.261. The average molecular weight is 494 g/mol. The summed E-state index contributed by atoms with van der Waals surface area (Å²) in [6.45, 7) is 2.04. The Morgan fingerprint density at radius 3 is 1.86 bits per heavy atom. The van der Waals surface area contributed by atoms with Crippen molar-refractivity contribution in [2.75, 3.05) is 35.5 Å². The van der Waals surface area contributed by atoms with Gasteiger partial charge in [-0.15, -0.1) is 0 Å². The number of rotatable bonds is 8. The summed E-state index contributed by atoms with van der Waals surface area (Å²) in [7, 11) is 8.19. The summed E-state index contributed by atoms with van der Waals surface area (Å²) in [6, 6.07) is 18.5. The first kappa shape index (κ1) is 25.7. The number of ether oxygens (including phenoxy) is 5. The second-order valence-corrected chi connectivity index (χ2v) is 9.03. The molecule has 7 nitrogen and oxygen atoms in total. The van der Waals surface area contributed by atoms with Gasteiger partial charge in [-0.25, -0.2) is 0 Å². The smallest absolute Gasteiger partial charge is 0.124 e. The molecule has 0 aliphatic carbocycles. The molecule has 0 saturated carbocycles. The van der Waals surface area contributed by atoms with Gasteiger partial charge in [0.05, 0.1) is 41.2 Å². The van der Waals surface area contributed by atoms with Crippen molar-refractivity contribution in [1.82, 2.24) is 5.32 Å². The largest absolute Gasteiger partial charge is 0.497 e. The monoisotopic (exact) mass is 493 g/mol. The molecule has 0 radical (unpaired) electrons. The average Bonchev–Trinajstić information content (AvgIpc) is 2.93. The molecule has 3 aromatic carbocycles. The number of nitrogens with one attached hydrogen (secondary N) is 1. The van der Waals surface area contributed by atoms with E-state index in [1.807, 2.05) is 67.6 Å². The van der Waals surface area contributed by atoms with Crippen molar-refractivity contribution < 1.29 is 28.8 Å². The zero-order valence-electron chi connectivity index (χ0n) is 21.7. The minimum Gasteiger partial charge on any atom is -0.497 e. The highest BCUT2D eigenvalue weighted by atomic mass is 16.5. The van der Waals surface area contributed by atoms with Gasteiger partial charge < -0.3 is 34.1 Å². The van der Waals surface area contributed by atoms with E-state index in [-0.39, 0.29) is 18.0 Å². The summed E-state index contributed by atoms with van der Waals surface area (Å²) in [5.41, 5.74) is 1.28. The van der Waals surface area contributed by atoms with Crippen LogP contribution in [0, 0.1) is 5.92 Å². The maximum absolute atomic E-state index is 12.5. The number of hydrogen-bond acceptors (Lipinski definition) is 7. The summed E-state index contributed by atoms with van der Waals surface area (Å²) >= 11 is 0. The fraction of sp³-hybridized carbons (Fsp3) is 0.379. The highest BCUT2D eigenvalue weighted by Crippen LogP contribution is 2.53. The van der Waals surface area contributed by atoms with Crippen molar-refractivity contribution in [2.24, 2.45) is 5.92 Å². The Balaban J connectivity index is 1.92. The summed E-state index contributed by atoms with van der Waals surface area (Å²) in [5, 5.41) is 16.3. The second-order valence-electron chi connectivity index (χ2n) is 9.03. The van der Waals surface area contributed by atoms with Crippen molar-refractivity contribution in [2.45, 2.75) is 31.0 Å². The number of methoxy groups -OCH3 is 5. The third kappa shape index (κ3) is 4.56. The molecule has 7 heteroatoms. The lowest BCUT2D eigenvalue weighted by atomic mass is 9.68. The van der Waals surface area contributed by atoms with Crippen LogP contribution in [0.15, 0.2) is 60.7 Å². The maximum atomic E-state index is 12.5. The molecular formula is C29H35NO6. The standard InChI is InChI=1S/C29H35NO6/c1-18-28(22-16-20(33-3)12-14-26(22)35-5)30-24(21-15-19(32-2)11-13-25(21)34-4)17-29(18,31)23-9-7-8-10-27(23)36-6/h7-16,18,24,28,30-31H,17H2,1-6H3/t18-,24+,28-,29+/m0/s1. The number of piperidine rings is 1.